The van der Waals surface area contributed by atoms with Crippen molar-refractivity contribution in [1.82, 2.24) is 20.4 Å². The molecule has 1 aromatic carbocycles. The molecule has 0 unspecified atom stereocenters. The number of carbonyl (C=O) groups excluding carboxylic acids is 2. The van der Waals surface area contributed by atoms with Crippen LogP contribution in [0.25, 0.3) is 11.4 Å². The van der Waals surface area contributed by atoms with Crippen molar-refractivity contribution in [1.29, 1.82) is 0 Å². The number of benzene rings is 1. The van der Waals surface area contributed by atoms with Crippen molar-refractivity contribution in [2.75, 3.05) is 24.4 Å². The Bertz CT molecular complexity index is 1220. The first-order chi connectivity index (χ1) is 17.1. The summed E-state index contributed by atoms with van der Waals surface area (Å²) in [7, 11) is 1.43. The summed E-state index contributed by atoms with van der Waals surface area (Å²) in [5, 5.41) is 38.6. The van der Waals surface area contributed by atoms with E-state index >= 15 is 0 Å². The lowest BCUT2D eigenvalue weighted by Gasteiger charge is -2.19. The molecular formula is C22H26N6O8. The quantitative estimate of drug-likeness (QED) is 0.204. The molecule has 0 saturated carbocycles. The number of ether oxygens (including phenoxy) is 2. The second-order valence-corrected chi connectivity index (χ2v) is 7.27. The second kappa shape index (κ2) is 11.5. The monoisotopic (exact) mass is 502 g/mol. The van der Waals surface area contributed by atoms with Gasteiger partial charge in [-0.1, -0.05) is 18.1 Å². The molecule has 2 aromatic heterocycles. The number of pyridine rings is 1. The third-order valence-electron chi connectivity index (χ3n) is 4.65. The van der Waals surface area contributed by atoms with Gasteiger partial charge in [0.1, 0.15) is 12.4 Å². The van der Waals surface area contributed by atoms with E-state index in [0.29, 0.717) is 23.6 Å². The Labute approximate surface area is 205 Å². The lowest BCUT2D eigenvalue weighted by molar-refractivity contribution is -0.323. The van der Waals surface area contributed by atoms with Crippen LogP contribution in [0.1, 0.15) is 36.5 Å². The number of hydrogen-bond acceptors (Lipinski definition) is 12. The van der Waals surface area contributed by atoms with Gasteiger partial charge >= 0.3 is 6.10 Å². The third kappa shape index (κ3) is 6.73. The molecule has 0 fully saturated rings. The molecule has 0 spiro atoms. The van der Waals surface area contributed by atoms with E-state index in [0.717, 1.165) is 6.20 Å². The third-order valence-corrected chi connectivity index (χ3v) is 4.65. The van der Waals surface area contributed by atoms with Gasteiger partial charge < -0.3 is 39.9 Å². The number of amides is 2. The van der Waals surface area contributed by atoms with Crippen LogP contribution in [0.4, 0.5) is 17.2 Å². The average Bonchev–Trinajstić information content (AvgIpc) is 3.30. The van der Waals surface area contributed by atoms with Gasteiger partial charge in [0.25, 0.3) is 11.8 Å². The largest absolute Gasteiger partial charge is 0.494 e. The number of aromatic nitrogens is 3. The highest BCUT2D eigenvalue weighted by atomic mass is 16.7. The highest BCUT2D eigenvalue weighted by Gasteiger charge is 2.25. The summed E-state index contributed by atoms with van der Waals surface area (Å²) < 4.78 is 16.0. The molecular weight excluding hydrogens is 476 g/mol. The highest BCUT2D eigenvalue weighted by Crippen LogP contribution is 2.37. The molecule has 0 aliphatic heterocycles. The summed E-state index contributed by atoms with van der Waals surface area (Å²) in [6.07, 6.45) is -2.18. The molecule has 3 aromatic rings. The van der Waals surface area contributed by atoms with Crippen LogP contribution in [0.2, 0.25) is 0 Å². The van der Waals surface area contributed by atoms with Crippen LogP contribution >= 0.6 is 0 Å². The standard InChI is InChI=1S/C22H26N6O8/c1-4-17(29)25-16-9-15(13(10-23-16)21(30)27-22(31,32)33)24-14-8-6-7-12(19(14)34-3)20-26-18(36-28-20)11-35-5-2/h6-10,31-33H,4-5,11H2,1-3H3,(H,27,30)(H2,23,24,25,29). The zero-order valence-electron chi connectivity index (χ0n) is 19.7. The molecule has 14 heteroatoms. The smallest absolute Gasteiger partial charge is 0.369 e. The summed E-state index contributed by atoms with van der Waals surface area (Å²) >= 11 is 0. The first-order valence-corrected chi connectivity index (χ1v) is 10.8. The minimum Gasteiger partial charge on any atom is -0.494 e. The van der Waals surface area contributed by atoms with Crippen molar-refractivity contribution in [2.45, 2.75) is 33.0 Å². The van der Waals surface area contributed by atoms with E-state index in [1.54, 1.807) is 30.4 Å². The molecule has 0 atom stereocenters. The Kier molecular flexibility index (Phi) is 8.50. The molecule has 0 saturated heterocycles. The van der Waals surface area contributed by atoms with E-state index in [2.05, 4.69) is 25.8 Å². The van der Waals surface area contributed by atoms with Crippen molar-refractivity contribution in [3.63, 3.8) is 0 Å². The summed E-state index contributed by atoms with van der Waals surface area (Å²) in [6, 6.07) is 6.38. The summed E-state index contributed by atoms with van der Waals surface area (Å²) in [5.74, 6) is -0.455. The van der Waals surface area contributed by atoms with Gasteiger partial charge in [0.15, 0.2) is 5.75 Å². The number of carbonyl (C=O) groups is 2. The topological polar surface area (TPSA) is 201 Å². The van der Waals surface area contributed by atoms with E-state index < -0.39 is 12.0 Å². The number of rotatable bonds is 11. The van der Waals surface area contributed by atoms with Crippen molar-refractivity contribution in [3.05, 3.63) is 41.9 Å². The fraction of sp³-hybridized carbons (Fsp3) is 0.318. The van der Waals surface area contributed by atoms with Crippen molar-refractivity contribution in [2.24, 2.45) is 0 Å². The zero-order chi connectivity index (χ0) is 26.3. The van der Waals surface area contributed by atoms with E-state index in [4.69, 9.17) is 29.3 Å². The summed E-state index contributed by atoms with van der Waals surface area (Å²) in [4.78, 5) is 32.7. The molecule has 0 aliphatic carbocycles. The molecule has 2 amide bonds. The van der Waals surface area contributed by atoms with Crippen molar-refractivity contribution < 1.29 is 38.9 Å². The van der Waals surface area contributed by atoms with Gasteiger partial charge in [0.05, 0.1) is 29.6 Å². The SMILES string of the molecule is CCOCc1nc(-c2cccc(Nc3cc(NC(=O)CC)ncc3C(=O)NC(O)(O)O)c2OC)no1. The Morgan fingerprint density at radius 2 is 1.94 bits per heavy atom. The van der Waals surface area contributed by atoms with Crippen molar-refractivity contribution >= 4 is 29.0 Å². The van der Waals surface area contributed by atoms with Crippen LogP contribution in [0.15, 0.2) is 35.0 Å². The first-order valence-electron chi connectivity index (χ1n) is 10.8. The number of nitrogens with zero attached hydrogens (tertiary/aromatic N) is 3. The zero-order valence-corrected chi connectivity index (χ0v) is 19.7. The lowest BCUT2D eigenvalue weighted by Crippen LogP contribution is -2.48. The van der Waals surface area contributed by atoms with Gasteiger partial charge in [-0.05, 0) is 19.1 Å². The number of methoxy groups -OCH3 is 1. The highest BCUT2D eigenvalue weighted by molar-refractivity contribution is 6.01. The fourth-order valence-electron chi connectivity index (χ4n) is 3.05. The second-order valence-electron chi connectivity index (χ2n) is 7.27. The van der Waals surface area contributed by atoms with Crippen LogP contribution in [-0.4, -0.2) is 62.1 Å². The van der Waals surface area contributed by atoms with Crippen LogP contribution in [0.3, 0.4) is 0 Å². The minimum atomic E-state index is -3.46. The average molecular weight is 502 g/mol. The van der Waals surface area contributed by atoms with Gasteiger partial charge in [-0.2, -0.15) is 4.98 Å². The molecule has 3 rings (SSSR count). The number of anilines is 3. The van der Waals surface area contributed by atoms with E-state index in [1.807, 2.05) is 6.92 Å². The predicted octanol–water partition coefficient (Wildman–Crippen LogP) is 1.09. The van der Waals surface area contributed by atoms with Crippen molar-refractivity contribution in [3.8, 4) is 17.1 Å². The number of para-hydroxylation sites is 1. The lowest BCUT2D eigenvalue weighted by atomic mass is 10.1. The molecule has 0 radical (unpaired) electrons. The van der Waals surface area contributed by atoms with Crippen LogP contribution in [0.5, 0.6) is 5.75 Å². The Morgan fingerprint density at radius 3 is 2.61 bits per heavy atom. The van der Waals surface area contributed by atoms with Gasteiger partial charge in [-0.15, -0.1) is 0 Å². The number of nitrogens with one attached hydrogen (secondary N) is 3. The summed E-state index contributed by atoms with van der Waals surface area (Å²) in [5.41, 5.74) is 0.742. The van der Waals surface area contributed by atoms with Gasteiger partial charge in [0, 0.05) is 25.3 Å². The maximum Gasteiger partial charge on any atom is 0.369 e. The van der Waals surface area contributed by atoms with Gasteiger partial charge in [-0.3, -0.25) is 14.9 Å². The minimum absolute atomic E-state index is 0.0961. The molecule has 36 heavy (non-hydrogen) atoms. The molecule has 6 N–H and O–H groups in total. The molecule has 192 valence electrons. The first kappa shape index (κ1) is 26.5. The molecule has 0 aliphatic rings. The Hall–Kier alpha value is -4.11. The Morgan fingerprint density at radius 1 is 1.17 bits per heavy atom. The van der Waals surface area contributed by atoms with E-state index in [9.17, 15) is 9.59 Å². The fourth-order valence-corrected chi connectivity index (χ4v) is 3.05. The maximum absolute atomic E-state index is 12.6. The normalized spacial score (nSPS) is 11.2. The van der Waals surface area contributed by atoms with Crippen LogP contribution in [-0.2, 0) is 16.1 Å². The molecule has 0 bridgehead atoms. The van der Waals surface area contributed by atoms with Crippen LogP contribution < -0.4 is 20.7 Å². The number of hydrogen-bond donors (Lipinski definition) is 6. The van der Waals surface area contributed by atoms with Gasteiger partial charge in [0.2, 0.25) is 11.7 Å². The number of aliphatic hydroxyl groups is 3. The molecule has 14 nitrogen and oxygen atoms in total. The predicted molar refractivity (Wildman–Crippen MR) is 125 cm³/mol. The Balaban J connectivity index is 2.01. The molecule has 2 heterocycles. The van der Waals surface area contributed by atoms with Gasteiger partial charge in [-0.25, -0.2) is 4.98 Å². The van der Waals surface area contributed by atoms with E-state index in [-0.39, 0.29) is 47.7 Å². The maximum atomic E-state index is 12.6. The summed E-state index contributed by atoms with van der Waals surface area (Å²) in [6.45, 7) is 4.12. The van der Waals surface area contributed by atoms with E-state index in [1.165, 1.54) is 13.2 Å². The van der Waals surface area contributed by atoms with Crippen LogP contribution in [0, 0.1) is 0 Å².